The first-order chi connectivity index (χ1) is 7.72. The van der Waals surface area contributed by atoms with Crippen molar-refractivity contribution < 1.29 is 4.74 Å². The third-order valence-corrected chi connectivity index (χ3v) is 3.57. The van der Waals surface area contributed by atoms with Crippen molar-refractivity contribution in [2.24, 2.45) is 5.73 Å². The molecule has 16 heavy (non-hydrogen) atoms. The van der Waals surface area contributed by atoms with Gasteiger partial charge in [-0.1, -0.05) is 17.7 Å². The van der Waals surface area contributed by atoms with Gasteiger partial charge < -0.3 is 10.5 Å². The minimum atomic E-state index is -0.186. The smallest absolute Gasteiger partial charge is 0.124 e. The molecule has 4 heteroatoms. The molecule has 0 aliphatic rings. The summed E-state index contributed by atoms with van der Waals surface area (Å²) in [7, 11) is 1.63. The van der Waals surface area contributed by atoms with E-state index in [9.17, 15) is 0 Å². The Morgan fingerprint density at radius 2 is 2.19 bits per heavy atom. The molecule has 0 bridgehead atoms. The van der Waals surface area contributed by atoms with Gasteiger partial charge in [0.05, 0.1) is 13.2 Å². The molecule has 2 nitrogen and oxygen atoms in total. The molecule has 2 N–H and O–H groups in total. The van der Waals surface area contributed by atoms with Crippen LogP contribution in [-0.2, 0) is 0 Å². The normalized spacial score (nSPS) is 12.4. The van der Waals surface area contributed by atoms with Gasteiger partial charge in [0.25, 0.3) is 0 Å². The number of hydrogen-bond donors (Lipinski definition) is 1. The summed E-state index contributed by atoms with van der Waals surface area (Å²) in [6.07, 6.45) is 0. The second kappa shape index (κ2) is 4.87. The molecule has 0 radical (unpaired) electrons. The van der Waals surface area contributed by atoms with Crippen LogP contribution in [0.3, 0.4) is 0 Å². The lowest BCUT2D eigenvalue weighted by molar-refractivity contribution is 0.408. The zero-order chi connectivity index (χ0) is 11.5. The predicted molar refractivity (Wildman–Crippen MR) is 68.4 cm³/mol. The van der Waals surface area contributed by atoms with Crippen LogP contribution in [0.1, 0.15) is 16.5 Å². The van der Waals surface area contributed by atoms with Crippen molar-refractivity contribution in [1.82, 2.24) is 0 Å². The van der Waals surface area contributed by atoms with Crippen LogP contribution in [0.4, 0.5) is 0 Å². The zero-order valence-corrected chi connectivity index (χ0v) is 10.4. The summed E-state index contributed by atoms with van der Waals surface area (Å²) < 4.78 is 5.29. The molecule has 2 aromatic rings. The van der Waals surface area contributed by atoms with Gasteiger partial charge in [0, 0.05) is 15.5 Å². The fourth-order valence-corrected chi connectivity index (χ4v) is 2.50. The molecule has 2 rings (SSSR count). The van der Waals surface area contributed by atoms with Crippen molar-refractivity contribution in [2.45, 2.75) is 6.04 Å². The highest BCUT2D eigenvalue weighted by atomic mass is 35.5. The highest BCUT2D eigenvalue weighted by Crippen LogP contribution is 2.32. The van der Waals surface area contributed by atoms with E-state index < -0.39 is 0 Å². The third kappa shape index (κ3) is 2.21. The van der Waals surface area contributed by atoms with Crippen LogP contribution in [0.25, 0.3) is 0 Å². The van der Waals surface area contributed by atoms with Crippen molar-refractivity contribution >= 4 is 22.9 Å². The number of nitrogens with two attached hydrogens (primary N) is 1. The SMILES string of the molecule is COc1ccc(Cl)cc1C(N)c1cccs1. The number of ether oxygens (including phenoxy) is 1. The van der Waals surface area contributed by atoms with E-state index in [1.807, 2.05) is 29.6 Å². The Labute approximate surface area is 104 Å². The minimum absolute atomic E-state index is 0.186. The van der Waals surface area contributed by atoms with Crippen LogP contribution in [0.5, 0.6) is 5.75 Å². The molecule has 0 saturated carbocycles. The lowest BCUT2D eigenvalue weighted by Crippen LogP contribution is -2.11. The van der Waals surface area contributed by atoms with Crippen molar-refractivity contribution in [1.29, 1.82) is 0 Å². The largest absolute Gasteiger partial charge is 0.496 e. The van der Waals surface area contributed by atoms with Crippen molar-refractivity contribution in [3.05, 3.63) is 51.2 Å². The topological polar surface area (TPSA) is 35.2 Å². The van der Waals surface area contributed by atoms with E-state index in [1.165, 1.54) is 0 Å². The molecule has 1 heterocycles. The molecular formula is C12H12ClNOS. The fraction of sp³-hybridized carbons (Fsp3) is 0.167. The second-order valence-electron chi connectivity index (χ2n) is 3.38. The van der Waals surface area contributed by atoms with Gasteiger partial charge in [-0.2, -0.15) is 0 Å². The predicted octanol–water partition coefficient (Wildman–Crippen LogP) is 3.46. The van der Waals surface area contributed by atoms with Gasteiger partial charge >= 0.3 is 0 Å². The minimum Gasteiger partial charge on any atom is -0.496 e. The molecule has 0 aliphatic carbocycles. The van der Waals surface area contributed by atoms with Crippen LogP contribution in [0, 0.1) is 0 Å². The van der Waals surface area contributed by atoms with Crippen molar-refractivity contribution in [3.8, 4) is 5.75 Å². The first kappa shape index (κ1) is 11.5. The molecule has 1 atom stereocenters. The van der Waals surface area contributed by atoms with Crippen molar-refractivity contribution in [3.63, 3.8) is 0 Å². The first-order valence-electron chi connectivity index (χ1n) is 4.85. The molecule has 0 amide bonds. The molecular weight excluding hydrogens is 242 g/mol. The van der Waals surface area contributed by atoms with Crippen LogP contribution in [0.15, 0.2) is 35.7 Å². The fourth-order valence-electron chi connectivity index (χ4n) is 1.57. The highest BCUT2D eigenvalue weighted by molar-refractivity contribution is 7.10. The first-order valence-corrected chi connectivity index (χ1v) is 6.10. The highest BCUT2D eigenvalue weighted by Gasteiger charge is 2.15. The van der Waals surface area contributed by atoms with E-state index in [4.69, 9.17) is 22.1 Å². The lowest BCUT2D eigenvalue weighted by Gasteiger charge is -2.14. The number of methoxy groups -OCH3 is 1. The Morgan fingerprint density at radius 3 is 2.81 bits per heavy atom. The average molecular weight is 254 g/mol. The van der Waals surface area contributed by atoms with Gasteiger partial charge in [-0.15, -0.1) is 11.3 Å². The third-order valence-electron chi connectivity index (χ3n) is 2.38. The van der Waals surface area contributed by atoms with Gasteiger partial charge in [-0.25, -0.2) is 0 Å². The summed E-state index contributed by atoms with van der Waals surface area (Å²) in [5.74, 6) is 0.769. The Balaban J connectivity index is 2.42. The Morgan fingerprint density at radius 1 is 1.38 bits per heavy atom. The second-order valence-corrected chi connectivity index (χ2v) is 4.80. The van der Waals surface area contributed by atoms with E-state index in [0.29, 0.717) is 5.02 Å². The molecule has 1 aromatic carbocycles. The quantitative estimate of drug-likeness (QED) is 0.909. The van der Waals surface area contributed by atoms with Gasteiger partial charge in [0.2, 0.25) is 0 Å². The monoisotopic (exact) mass is 253 g/mol. The number of rotatable bonds is 3. The van der Waals surface area contributed by atoms with Crippen LogP contribution in [-0.4, -0.2) is 7.11 Å². The lowest BCUT2D eigenvalue weighted by atomic mass is 10.1. The van der Waals surface area contributed by atoms with Gasteiger partial charge in [0.1, 0.15) is 5.75 Å². The number of hydrogen-bond acceptors (Lipinski definition) is 3. The molecule has 1 unspecified atom stereocenters. The van der Waals surface area contributed by atoms with Crippen LogP contribution in [0.2, 0.25) is 5.02 Å². The van der Waals surface area contributed by atoms with Gasteiger partial charge in [-0.3, -0.25) is 0 Å². The number of benzene rings is 1. The van der Waals surface area contributed by atoms with E-state index in [-0.39, 0.29) is 6.04 Å². The molecule has 1 aromatic heterocycles. The number of thiophene rings is 1. The summed E-state index contributed by atoms with van der Waals surface area (Å²) in [5, 5.41) is 2.68. The number of halogens is 1. The Bertz CT molecular complexity index is 470. The summed E-state index contributed by atoms with van der Waals surface area (Å²) in [4.78, 5) is 1.10. The van der Waals surface area contributed by atoms with Gasteiger partial charge in [0.15, 0.2) is 0 Å². The van der Waals surface area contributed by atoms with Gasteiger partial charge in [-0.05, 0) is 29.6 Å². The van der Waals surface area contributed by atoms with Crippen molar-refractivity contribution in [2.75, 3.05) is 7.11 Å². The molecule has 0 aliphatic heterocycles. The standard InChI is InChI=1S/C12H12ClNOS/c1-15-10-5-4-8(13)7-9(10)12(14)11-3-2-6-16-11/h2-7,12H,14H2,1H3. The summed E-state index contributed by atoms with van der Waals surface area (Å²) in [6, 6.07) is 9.29. The summed E-state index contributed by atoms with van der Waals surface area (Å²) >= 11 is 7.60. The molecule has 0 saturated heterocycles. The Kier molecular flexibility index (Phi) is 3.49. The van der Waals surface area contributed by atoms with E-state index in [0.717, 1.165) is 16.2 Å². The summed E-state index contributed by atoms with van der Waals surface area (Å²) in [6.45, 7) is 0. The average Bonchev–Trinajstić information content (AvgIpc) is 2.81. The molecule has 0 fully saturated rings. The Hall–Kier alpha value is -1.03. The molecule has 84 valence electrons. The zero-order valence-electron chi connectivity index (χ0n) is 8.81. The summed E-state index contributed by atoms with van der Waals surface area (Å²) in [5.41, 5.74) is 7.09. The van der Waals surface area contributed by atoms with Crippen LogP contribution >= 0.6 is 22.9 Å². The molecule has 0 spiro atoms. The maximum atomic E-state index is 6.18. The van der Waals surface area contributed by atoms with Crippen LogP contribution < -0.4 is 10.5 Å². The van der Waals surface area contributed by atoms with E-state index >= 15 is 0 Å². The van der Waals surface area contributed by atoms with E-state index in [2.05, 4.69) is 0 Å². The maximum Gasteiger partial charge on any atom is 0.124 e. The van der Waals surface area contributed by atoms with E-state index in [1.54, 1.807) is 24.5 Å². The maximum absolute atomic E-state index is 6.18.